The van der Waals surface area contributed by atoms with Crippen LogP contribution in [0.2, 0.25) is 0 Å². The highest BCUT2D eigenvalue weighted by Gasteiger charge is 2.10. The van der Waals surface area contributed by atoms with Gasteiger partial charge >= 0.3 is 11.4 Å². The average molecular weight is 272 g/mol. The Morgan fingerprint density at radius 3 is 2.65 bits per heavy atom. The predicted molar refractivity (Wildman–Crippen MR) is 70.0 cm³/mol. The zero-order chi connectivity index (χ0) is 14.1. The van der Waals surface area contributed by atoms with Gasteiger partial charge in [0.15, 0.2) is 5.65 Å². The third-order valence-corrected chi connectivity index (χ3v) is 2.92. The maximum Gasteiger partial charge on any atom is 0.423 e. The van der Waals surface area contributed by atoms with Gasteiger partial charge in [-0.15, -0.1) is 0 Å². The largest absolute Gasteiger partial charge is 0.423 e. The van der Waals surface area contributed by atoms with Gasteiger partial charge in [0.25, 0.3) is 0 Å². The minimum absolute atomic E-state index is 0.149. The topological polar surface area (TPSA) is 65.1 Å². The molecule has 0 N–H and O–H groups in total. The van der Waals surface area contributed by atoms with E-state index in [0.717, 1.165) is 0 Å². The van der Waals surface area contributed by atoms with Crippen molar-refractivity contribution in [1.29, 1.82) is 0 Å². The van der Waals surface area contributed by atoms with Crippen LogP contribution in [0.4, 0.5) is 4.39 Å². The fourth-order valence-electron chi connectivity index (χ4n) is 1.96. The quantitative estimate of drug-likeness (QED) is 0.709. The lowest BCUT2D eigenvalue weighted by atomic mass is 10.2. The lowest BCUT2D eigenvalue weighted by Gasteiger charge is -2.07. The molecule has 3 rings (SSSR count). The molecule has 0 radical (unpaired) electrons. The smallest absolute Gasteiger partial charge is 0.372 e. The summed E-state index contributed by atoms with van der Waals surface area (Å²) >= 11 is 0. The van der Waals surface area contributed by atoms with E-state index < -0.39 is 11.4 Å². The van der Waals surface area contributed by atoms with E-state index in [0.29, 0.717) is 5.56 Å². The number of fused-ring (bicyclic) bond motifs is 1. The summed E-state index contributed by atoms with van der Waals surface area (Å²) in [5.74, 6) is -1.14. The minimum atomic E-state index is -0.787. The second-order valence-corrected chi connectivity index (χ2v) is 4.24. The Balaban J connectivity index is 2.18. The molecule has 2 aromatic heterocycles. The van der Waals surface area contributed by atoms with E-state index in [9.17, 15) is 14.0 Å². The number of hydrogen-bond donors (Lipinski definition) is 0. The molecule has 0 saturated carbocycles. The summed E-state index contributed by atoms with van der Waals surface area (Å²) in [4.78, 5) is 27.4. The van der Waals surface area contributed by atoms with Crippen molar-refractivity contribution in [2.24, 2.45) is 0 Å². The normalized spacial score (nSPS) is 10.8. The molecule has 0 bridgehead atoms. The van der Waals surface area contributed by atoms with Gasteiger partial charge in [-0.2, -0.15) is 0 Å². The van der Waals surface area contributed by atoms with Gasteiger partial charge in [0.05, 0.1) is 6.54 Å². The zero-order valence-electron chi connectivity index (χ0n) is 10.2. The van der Waals surface area contributed by atoms with Crippen molar-refractivity contribution >= 4 is 11.0 Å². The summed E-state index contributed by atoms with van der Waals surface area (Å²) in [6.45, 7) is 0.149. The highest BCUT2D eigenvalue weighted by Crippen LogP contribution is 2.08. The van der Waals surface area contributed by atoms with E-state index in [1.807, 2.05) is 0 Å². The molecule has 0 aliphatic rings. The van der Waals surface area contributed by atoms with Crippen LogP contribution in [0.1, 0.15) is 5.56 Å². The molecule has 0 aliphatic carbocycles. The van der Waals surface area contributed by atoms with Crippen molar-refractivity contribution in [2.75, 3.05) is 0 Å². The van der Waals surface area contributed by atoms with Gasteiger partial charge in [0.2, 0.25) is 0 Å². The van der Waals surface area contributed by atoms with Crippen LogP contribution in [0.5, 0.6) is 0 Å². The molecular formula is C14H9FN2O3. The SMILES string of the molecule is O=c1oc(=O)n(Cc2ccc(F)cc2)c2ncccc12. The first-order valence-corrected chi connectivity index (χ1v) is 5.88. The Morgan fingerprint density at radius 1 is 1.15 bits per heavy atom. The van der Waals surface area contributed by atoms with E-state index >= 15 is 0 Å². The van der Waals surface area contributed by atoms with E-state index in [1.165, 1.54) is 29.0 Å². The number of benzene rings is 1. The van der Waals surface area contributed by atoms with Crippen LogP contribution in [0.25, 0.3) is 11.0 Å². The van der Waals surface area contributed by atoms with Crippen molar-refractivity contribution < 1.29 is 8.81 Å². The first-order chi connectivity index (χ1) is 9.65. The number of halogens is 1. The van der Waals surface area contributed by atoms with Crippen LogP contribution in [0, 0.1) is 5.82 Å². The van der Waals surface area contributed by atoms with Gasteiger partial charge in [-0.3, -0.25) is 4.57 Å². The van der Waals surface area contributed by atoms with E-state index in [2.05, 4.69) is 9.40 Å². The van der Waals surface area contributed by atoms with Crippen molar-refractivity contribution in [3.8, 4) is 0 Å². The minimum Gasteiger partial charge on any atom is -0.372 e. The molecule has 20 heavy (non-hydrogen) atoms. The van der Waals surface area contributed by atoms with E-state index in [-0.39, 0.29) is 23.4 Å². The number of pyridine rings is 1. The highest BCUT2D eigenvalue weighted by molar-refractivity contribution is 5.72. The summed E-state index contributed by atoms with van der Waals surface area (Å²) in [6, 6.07) is 8.84. The standard InChI is InChI=1S/C14H9FN2O3/c15-10-5-3-9(4-6-10)8-17-12-11(2-1-7-16-12)13(18)20-14(17)19/h1-7H,8H2. The fourth-order valence-corrected chi connectivity index (χ4v) is 1.96. The molecule has 0 spiro atoms. The molecule has 100 valence electrons. The maximum atomic E-state index is 12.9. The summed E-state index contributed by atoms with van der Waals surface area (Å²) in [5.41, 5.74) is 0.237. The van der Waals surface area contributed by atoms with E-state index in [1.54, 1.807) is 18.2 Å². The third kappa shape index (κ3) is 2.11. The third-order valence-electron chi connectivity index (χ3n) is 2.92. The maximum absolute atomic E-state index is 12.9. The van der Waals surface area contributed by atoms with Crippen LogP contribution < -0.4 is 11.4 Å². The number of rotatable bonds is 2. The van der Waals surface area contributed by atoms with Gasteiger partial charge in [-0.05, 0) is 29.8 Å². The Hall–Kier alpha value is -2.76. The Morgan fingerprint density at radius 2 is 1.90 bits per heavy atom. The van der Waals surface area contributed by atoms with Crippen LogP contribution in [-0.2, 0) is 6.54 Å². The molecule has 0 amide bonds. The molecule has 2 heterocycles. The molecule has 0 unspecified atom stereocenters. The summed E-state index contributed by atoms with van der Waals surface area (Å²) in [5, 5.41) is 0.231. The van der Waals surface area contributed by atoms with Crippen molar-refractivity contribution in [1.82, 2.24) is 9.55 Å². The molecule has 0 atom stereocenters. The molecular weight excluding hydrogens is 263 g/mol. The molecule has 0 aliphatic heterocycles. The number of nitrogens with zero attached hydrogens (tertiary/aromatic N) is 2. The van der Waals surface area contributed by atoms with Crippen molar-refractivity contribution in [2.45, 2.75) is 6.54 Å². The molecule has 1 aromatic carbocycles. The molecule has 3 aromatic rings. The van der Waals surface area contributed by atoms with Crippen molar-refractivity contribution in [3.05, 3.63) is 74.9 Å². The van der Waals surface area contributed by atoms with Crippen LogP contribution in [0.15, 0.2) is 56.6 Å². The summed E-state index contributed by atoms with van der Waals surface area (Å²) < 4.78 is 18.8. The molecule has 0 fully saturated rings. The van der Waals surface area contributed by atoms with Gasteiger partial charge in [-0.25, -0.2) is 19.0 Å². The Labute approximate surface area is 111 Å². The highest BCUT2D eigenvalue weighted by atomic mass is 19.1. The molecule has 0 saturated heterocycles. The predicted octanol–water partition coefficient (Wildman–Crippen LogP) is 1.54. The molecule has 5 nitrogen and oxygen atoms in total. The average Bonchev–Trinajstić information content (AvgIpc) is 2.45. The monoisotopic (exact) mass is 272 g/mol. The lowest BCUT2D eigenvalue weighted by Crippen LogP contribution is -2.26. The first kappa shape index (κ1) is 12.3. The van der Waals surface area contributed by atoms with Gasteiger partial charge in [0, 0.05) is 6.20 Å². The van der Waals surface area contributed by atoms with Crippen LogP contribution in [-0.4, -0.2) is 9.55 Å². The number of hydrogen-bond acceptors (Lipinski definition) is 4. The van der Waals surface area contributed by atoms with Gasteiger partial charge in [0.1, 0.15) is 11.2 Å². The Kier molecular flexibility index (Phi) is 2.90. The zero-order valence-corrected chi connectivity index (χ0v) is 10.2. The van der Waals surface area contributed by atoms with Crippen LogP contribution >= 0.6 is 0 Å². The first-order valence-electron chi connectivity index (χ1n) is 5.88. The van der Waals surface area contributed by atoms with E-state index in [4.69, 9.17) is 0 Å². The fraction of sp³-hybridized carbons (Fsp3) is 0.0714. The molecule has 6 heteroatoms. The van der Waals surface area contributed by atoms with Gasteiger partial charge < -0.3 is 4.42 Å². The second kappa shape index (κ2) is 4.73. The summed E-state index contributed by atoms with van der Waals surface area (Å²) in [7, 11) is 0. The lowest BCUT2D eigenvalue weighted by molar-refractivity contribution is 0.423. The van der Waals surface area contributed by atoms with Crippen molar-refractivity contribution in [3.63, 3.8) is 0 Å². The Bertz CT molecular complexity index is 881. The van der Waals surface area contributed by atoms with Crippen LogP contribution in [0.3, 0.4) is 0 Å². The van der Waals surface area contributed by atoms with Gasteiger partial charge in [-0.1, -0.05) is 12.1 Å². The second-order valence-electron chi connectivity index (χ2n) is 4.24. The number of aromatic nitrogens is 2. The summed E-state index contributed by atoms with van der Waals surface area (Å²) in [6.07, 6.45) is 1.49.